The molecule has 4 rings (SSSR count). The number of nitrogens with one attached hydrogen (secondary N) is 1. The van der Waals surface area contributed by atoms with Crippen LogP contribution in [0.15, 0.2) is 41.2 Å². The number of benzene rings is 2. The average Bonchev–Trinajstić information content (AvgIpc) is 2.79. The Morgan fingerprint density at radius 2 is 1.90 bits per heavy atom. The zero-order valence-corrected chi connectivity index (χ0v) is 17.5. The average molecular weight is 425 g/mol. The Balaban J connectivity index is 1.46. The SMILES string of the molecule is COc1cc2nc(C)n(CCNC(=O)[C@@H]3COc4ccccc4O3)c(=O)c2cc1OC. The number of ether oxygens (including phenoxy) is 4. The van der Waals surface area contributed by atoms with Gasteiger partial charge in [-0.2, -0.15) is 0 Å². The maximum absolute atomic E-state index is 13.0. The van der Waals surface area contributed by atoms with Gasteiger partial charge in [0.25, 0.3) is 11.5 Å². The number of amides is 1. The van der Waals surface area contributed by atoms with Crippen molar-refractivity contribution >= 4 is 16.8 Å². The first-order chi connectivity index (χ1) is 15.0. The molecule has 1 atom stereocenters. The lowest BCUT2D eigenvalue weighted by molar-refractivity contribution is -0.130. The van der Waals surface area contributed by atoms with Crippen molar-refractivity contribution in [2.24, 2.45) is 0 Å². The second-order valence-electron chi connectivity index (χ2n) is 7.00. The molecule has 9 nitrogen and oxygen atoms in total. The van der Waals surface area contributed by atoms with E-state index in [9.17, 15) is 9.59 Å². The Morgan fingerprint density at radius 1 is 1.19 bits per heavy atom. The zero-order chi connectivity index (χ0) is 22.0. The number of para-hydroxylation sites is 2. The highest BCUT2D eigenvalue weighted by Crippen LogP contribution is 2.31. The maximum Gasteiger partial charge on any atom is 0.264 e. The number of nitrogens with zero attached hydrogens (tertiary/aromatic N) is 2. The van der Waals surface area contributed by atoms with Gasteiger partial charge in [0, 0.05) is 19.2 Å². The molecule has 162 valence electrons. The van der Waals surface area contributed by atoms with Crippen LogP contribution in [0, 0.1) is 6.92 Å². The number of rotatable bonds is 6. The fourth-order valence-electron chi connectivity index (χ4n) is 3.48. The van der Waals surface area contributed by atoms with Crippen molar-refractivity contribution in [3.05, 3.63) is 52.6 Å². The number of aryl methyl sites for hydroxylation is 1. The van der Waals surface area contributed by atoms with E-state index in [-0.39, 0.29) is 31.2 Å². The second kappa shape index (κ2) is 8.55. The summed E-state index contributed by atoms with van der Waals surface area (Å²) in [7, 11) is 3.04. The van der Waals surface area contributed by atoms with Crippen LogP contribution in [0.4, 0.5) is 0 Å². The number of hydrogen-bond donors (Lipinski definition) is 1. The molecule has 0 saturated heterocycles. The minimum Gasteiger partial charge on any atom is -0.493 e. The van der Waals surface area contributed by atoms with Crippen LogP contribution < -0.4 is 29.8 Å². The number of carbonyl (C=O) groups excluding carboxylic acids is 1. The van der Waals surface area contributed by atoms with E-state index in [4.69, 9.17) is 18.9 Å². The summed E-state index contributed by atoms with van der Waals surface area (Å²) in [6.07, 6.45) is -0.751. The lowest BCUT2D eigenvalue weighted by Gasteiger charge is -2.25. The standard InChI is InChI=1S/C22H23N3O6/c1-13-24-15-11-19(29-3)18(28-2)10-14(15)22(27)25(13)9-8-23-21(26)20-12-30-16-6-4-5-7-17(16)31-20/h4-7,10-11,20H,8-9,12H2,1-3H3,(H,23,26)/t20-/m0/s1. The van der Waals surface area contributed by atoms with Crippen LogP contribution in [0.3, 0.4) is 0 Å². The van der Waals surface area contributed by atoms with Crippen LogP contribution in [0.25, 0.3) is 10.9 Å². The van der Waals surface area contributed by atoms with Gasteiger partial charge in [-0.25, -0.2) is 4.98 Å². The number of fused-ring (bicyclic) bond motifs is 2. The summed E-state index contributed by atoms with van der Waals surface area (Å²) >= 11 is 0. The number of hydrogen-bond acceptors (Lipinski definition) is 7. The maximum atomic E-state index is 13.0. The van der Waals surface area contributed by atoms with E-state index in [0.29, 0.717) is 39.7 Å². The summed E-state index contributed by atoms with van der Waals surface area (Å²) in [5, 5.41) is 3.21. The minimum atomic E-state index is -0.751. The van der Waals surface area contributed by atoms with Gasteiger partial charge >= 0.3 is 0 Å². The summed E-state index contributed by atoms with van der Waals surface area (Å²) in [4.78, 5) is 30.0. The number of methoxy groups -OCH3 is 2. The van der Waals surface area contributed by atoms with Crippen molar-refractivity contribution in [3.8, 4) is 23.0 Å². The smallest absolute Gasteiger partial charge is 0.264 e. The fourth-order valence-corrected chi connectivity index (χ4v) is 3.48. The molecule has 0 saturated carbocycles. The first-order valence-corrected chi connectivity index (χ1v) is 9.81. The van der Waals surface area contributed by atoms with E-state index in [2.05, 4.69) is 10.3 Å². The molecule has 1 aromatic heterocycles. The topological polar surface area (TPSA) is 101 Å². The molecule has 0 radical (unpaired) electrons. The molecule has 1 aliphatic heterocycles. The lowest BCUT2D eigenvalue weighted by atomic mass is 10.2. The van der Waals surface area contributed by atoms with E-state index >= 15 is 0 Å². The molecule has 0 unspecified atom stereocenters. The summed E-state index contributed by atoms with van der Waals surface area (Å²) in [6, 6.07) is 10.5. The van der Waals surface area contributed by atoms with E-state index in [0.717, 1.165) is 0 Å². The normalized spacial score (nSPS) is 14.9. The molecule has 1 N–H and O–H groups in total. The fraction of sp³-hybridized carbons (Fsp3) is 0.318. The minimum absolute atomic E-state index is 0.126. The molecular formula is C22H23N3O6. The summed E-state index contributed by atoms with van der Waals surface area (Å²) in [5.74, 6) is 2.33. The van der Waals surface area contributed by atoms with Crippen LogP contribution in [0.5, 0.6) is 23.0 Å². The van der Waals surface area contributed by atoms with Crippen LogP contribution in [-0.4, -0.2) is 48.9 Å². The molecule has 2 heterocycles. The molecule has 1 aliphatic rings. The number of carbonyl (C=O) groups is 1. The molecule has 9 heteroatoms. The van der Waals surface area contributed by atoms with Crippen LogP contribution in [0.2, 0.25) is 0 Å². The van der Waals surface area contributed by atoms with E-state index in [1.807, 2.05) is 12.1 Å². The summed E-state index contributed by atoms with van der Waals surface area (Å²) < 4.78 is 23.4. The lowest BCUT2D eigenvalue weighted by Crippen LogP contribution is -2.45. The second-order valence-corrected chi connectivity index (χ2v) is 7.00. The van der Waals surface area contributed by atoms with Gasteiger partial charge in [0.2, 0.25) is 6.10 Å². The molecule has 0 aliphatic carbocycles. The first-order valence-electron chi connectivity index (χ1n) is 9.81. The molecule has 0 spiro atoms. The first kappa shape index (κ1) is 20.5. The largest absolute Gasteiger partial charge is 0.493 e. The van der Waals surface area contributed by atoms with Crippen molar-refractivity contribution in [1.82, 2.24) is 14.9 Å². The van der Waals surface area contributed by atoms with Gasteiger partial charge in [0.05, 0.1) is 25.1 Å². The third-order valence-corrected chi connectivity index (χ3v) is 5.09. The van der Waals surface area contributed by atoms with E-state index < -0.39 is 6.10 Å². The van der Waals surface area contributed by atoms with Gasteiger partial charge in [0.15, 0.2) is 23.0 Å². The highest BCUT2D eigenvalue weighted by Gasteiger charge is 2.27. The monoisotopic (exact) mass is 425 g/mol. The molecule has 1 amide bonds. The van der Waals surface area contributed by atoms with Gasteiger partial charge in [0.1, 0.15) is 12.4 Å². The Labute approximate surface area is 178 Å². The van der Waals surface area contributed by atoms with Crippen molar-refractivity contribution < 1.29 is 23.7 Å². The predicted molar refractivity (Wildman–Crippen MR) is 113 cm³/mol. The van der Waals surface area contributed by atoms with E-state index in [1.165, 1.54) is 18.8 Å². The summed E-state index contributed by atoms with van der Waals surface area (Å²) in [6.45, 7) is 2.37. The molecule has 31 heavy (non-hydrogen) atoms. The van der Waals surface area contributed by atoms with E-state index in [1.54, 1.807) is 31.2 Å². The van der Waals surface area contributed by atoms with Crippen LogP contribution in [0.1, 0.15) is 5.82 Å². The summed E-state index contributed by atoms with van der Waals surface area (Å²) in [5.41, 5.74) is 0.302. The van der Waals surface area contributed by atoms with Crippen molar-refractivity contribution in [3.63, 3.8) is 0 Å². The third kappa shape index (κ3) is 3.98. The van der Waals surface area contributed by atoms with Crippen molar-refractivity contribution in [2.75, 3.05) is 27.4 Å². The van der Waals surface area contributed by atoms with Gasteiger partial charge in [-0.15, -0.1) is 0 Å². The third-order valence-electron chi connectivity index (χ3n) is 5.09. The predicted octanol–water partition coefficient (Wildman–Crippen LogP) is 1.68. The molecule has 2 aromatic carbocycles. The van der Waals surface area contributed by atoms with Crippen LogP contribution in [-0.2, 0) is 11.3 Å². The van der Waals surface area contributed by atoms with Gasteiger partial charge in [-0.3, -0.25) is 14.2 Å². The van der Waals surface area contributed by atoms with Crippen molar-refractivity contribution in [1.29, 1.82) is 0 Å². The zero-order valence-electron chi connectivity index (χ0n) is 17.5. The molecule has 0 fully saturated rings. The molecule has 3 aromatic rings. The van der Waals surface area contributed by atoms with Crippen molar-refractivity contribution in [2.45, 2.75) is 19.6 Å². The Kier molecular flexibility index (Phi) is 5.66. The van der Waals surface area contributed by atoms with Gasteiger partial charge in [-0.1, -0.05) is 12.1 Å². The highest BCUT2D eigenvalue weighted by molar-refractivity contribution is 5.82. The molecule has 0 bridgehead atoms. The highest BCUT2D eigenvalue weighted by atomic mass is 16.6. The Bertz CT molecular complexity index is 1190. The Hall–Kier alpha value is -3.75. The van der Waals surface area contributed by atoms with Gasteiger partial charge in [-0.05, 0) is 25.1 Å². The molecular weight excluding hydrogens is 402 g/mol. The number of aromatic nitrogens is 2. The van der Waals surface area contributed by atoms with Gasteiger partial charge < -0.3 is 24.3 Å². The van der Waals surface area contributed by atoms with Crippen LogP contribution >= 0.6 is 0 Å². The Morgan fingerprint density at radius 3 is 2.65 bits per heavy atom. The quantitative estimate of drug-likeness (QED) is 0.641.